The molecular formula is C17H26N2. The molecule has 1 aromatic rings. The minimum atomic E-state index is 0.662. The maximum absolute atomic E-state index is 2.57. The lowest BCUT2D eigenvalue weighted by molar-refractivity contribution is 0.203. The van der Waals surface area contributed by atoms with E-state index in [1.54, 1.807) is 11.1 Å². The minimum absolute atomic E-state index is 0.662. The third kappa shape index (κ3) is 2.79. The molecule has 104 valence electrons. The zero-order valence-electron chi connectivity index (χ0n) is 12.4. The van der Waals surface area contributed by atoms with Gasteiger partial charge < -0.3 is 4.90 Å². The Morgan fingerprint density at radius 3 is 2.47 bits per heavy atom. The Hall–Kier alpha value is -1.02. The lowest BCUT2D eigenvalue weighted by Gasteiger charge is -2.34. The number of piperidine rings is 1. The lowest BCUT2D eigenvalue weighted by Crippen LogP contribution is -2.36. The van der Waals surface area contributed by atoms with Crippen molar-refractivity contribution in [2.75, 3.05) is 24.5 Å². The molecule has 0 saturated carbocycles. The van der Waals surface area contributed by atoms with Crippen LogP contribution < -0.4 is 4.90 Å². The molecule has 0 N–H and O–H groups in total. The molecule has 1 aromatic carbocycles. The standard InChI is InChI=1S/C17H26N2/c1-14(2)19-11-8-15-12-17(7-6-16(15)13-19)18-9-4-3-5-10-18/h6-7,12,14H,3-5,8-11,13H2,1-2H3. The summed E-state index contributed by atoms with van der Waals surface area (Å²) in [7, 11) is 0. The minimum Gasteiger partial charge on any atom is -0.372 e. The second-order valence-electron chi connectivity index (χ2n) is 6.31. The number of hydrogen-bond acceptors (Lipinski definition) is 2. The monoisotopic (exact) mass is 258 g/mol. The van der Waals surface area contributed by atoms with E-state index in [0.29, 0.717) is 6.04 Å². The van der Waals surface area contributed by atoms with Crippen LogP contribution in [-0.4, -0.2) is 30.6 Å². The smallest absolute Gasteiger partial charge is 0.0369 e. The molecule has 0 spiro atoms. The molecule has 3 rings (SSSR count). The zero-order valence-corrected chi connectivity index (χ0v) is 12.4. The normalized spacial score (nSPS) is 20.7. The quantitative estimate of drug-likeness (QED) is 0.802. The number of nitrogens with zero attached hydrogens (tertiary/aromatic N) is 2. The Morgan fingerprint density at radius 1 is 0.947 bits per heavy atom. The van der Waals surface area contributed by atoms with E-state index in [9.17, 15) is 0 Å². The van der Waals surface area contributed by atoms with Crippen LogP contribution in [0, 0.1) is 0 Å². The highest BCUT2D eigenvalue weighted by molar-refractivity contribution is 5.52. The Labute approximate surface area is 117 Å². The summed E-state index contributed by atoms with van der Waals surface area (Å²) in [6.07, 6.45) is 5.34. The van der Waals surface area contributed by atoms with E-state index in [-0.39, 0.29) is 0 Å². The van der Waals surface area contributed by atoms with Crippen LogP contribution in [0.5, 0.6) is 0 Å². The molecule has 0 aliphatic carbocycles. The van der Waals surface area contributed by atoms with Crippen LogP contribution in [-0.2, 0) is 13.0 Å². The number of anilines is 1. The van der Waals surface area contributed by atoms with Crippen molar-refractivity contribution in [1.82, 2.24) is 4.90 Å². The molecule has 0 aromatic heterocycles. The van der Waals surface area contributed by atoms with Crippen molar-refractivity contribution in [2.45, 2.75) is 52.1 Å². The van der Waals surface area contributed by atoms with E-state index in [1.165, 1.54) is 51.0 Å². The zero-order chi connectivity index (χ0) is 13.2. The predicted molar refractivity (Wildman–Crippen MR) is 81.8 cm³/mol. The fourth-order valence-corrected chi connectivity index (χ4v) is 3.35. The number of fused-ring (bicyclic) bond motifs is 1. The number of hydrogen-bond donors (Lipinski definition) is 0. The van der Waals surface area contributed by atoms with Gasteiger partial charge in [0, 0.05) is 37.9 Å². The molecule has 2 heterocycles. The fraction of sp³-hybridized carbons (Fsp3) is 0.647. The van der Waals surface area contributed by atoms with E-state index < -0.39 is 0 Å². The third-order valence-corrected chi connectivity index (χ3v) is 4.68. The van der Waals surface area contributed by atoms with Crippen molar-refractivity contribution in [3.63, 3.8) is 0 Å². The van der Waals surface area contributed by atoms with E-state index in [2.05, 4.69) is 41.8 Å². The summed E-state index contributed by atoms with van der Waals surface area (Å²) in [5.41, 5.74) is 4.58. The van der Waals surface area contributed by atoms with Crippen molar-refractivity contribution in [3.8, 4) is 0 Å². The van der Waals surface area contributed by atoms with Gasteiger partial charge in [0.05, 0.1) is 0 Å². The topological polar surface area (TPSA) is 6.48 Å². The largest absolute Gasteiger partial charge is 0.372 e. The second kappa shape index (κ2) is 5.54. The van der Waals surface area contributed by atoms with Gasteiger partial charge in [0.2, 0.25) is 0 Å². The van der Waals surface area contributed by atoms with Gasteiger partial charge in [-0.1, -0.05) is 6.07 Å². The molecule has 0 radical (unpaired) electrons. The van der Waals surface area contributed by atoms with Gasteiger partial charge in [0.25, 0.3) is 0 Å². The molecule has 2 heteroatoms. The lowest BCUT2D eigenvalue weighted by atomic mass is 9.97. The van der Waals surface area contributed by atoms with Crippen LogP contribution in [0.2, 0.25) is 0 Å². The maximum Gasteiger partial charge on any atom is 0.0369 e. The summed E-state index contributed by atoms with van der Waals surface area (Å²) >= 11 is 0. The molecule has 1 fully saturated rings. The van der Waals surface area contributed by atoms with E-state index in [4.69, 9.17) is 0 Å². The number of rotatable bonds is 2. The summed E-state index contributed by atoms with van der Waals surface area (Å²) in [5, 5.41) is 0. The van der Waals surface area contributed by atoms with Crippen LogP contribution in [0.25, 0.3) is 0 Å². The summed E-state index contributed by atoms with van der Waals surface area (Å²) in [6, 6.07) is 7.83. The summed E-state index contributed by atoms with van der Waals surface area (Å²) in [4.78, 5) is 5.14. The van der Waals surface area contributed by atoms with Gasteiger partial charge >= 0.3 is 0 Å². The molecule has 2 aliphatic rings. The molecule has 2 nitrogen and oxygen atoms in total. The molecule has 0 bridgehead atoms. The summed E-state index contributed by atoms with van der Waals surface area (Å²) in [6.45, 7) is 9.44. The highest BCUT2D eigenvalue weighted by Crippen LogP contribution is 2.27. The molecule has 0 unspecified atom stereocenters. The van der Waals surface area contributed by atoms with Crippen LogP contribution in [0.3, 0.4) is 0 Å². The van der Waals surface area contributed by atoms with Crippen molar-refractivity contribution < 1.29 is 0 Å². The average Bonchev–Trinajstić information content (AvgIpc) is 2.47. The van der Waals surface area contributed by atoms with Crippen LogP contribution >= 0.6 is 0 Å². The van der Waals surface area contributed by atoms with Crippen molar-refractivity contribution in [1.29, 1.82) is 0 Å². The first-order chi connectivity index (χ1) is 9.24. The highest BCUT2D eigenvalue weighted by Gasteiger charge is 2.19. The van der Waals surface area contributed by atoms with Gasteiger partial charge in [-0.05, 0) is 62.8 Å². The van der Waals surface area contributed by atoms with Gasteiger partial charge in [-0.2, -0.15) is 0 Å². The van der Waals surface area contributed by atoms with Gasteiger partial charge in [0.15, 0.2) is 0 Å². The first-order valence-electron chi connectivity index (χ1n) is 7.85. The fourth-order valence-electron chi connectivity index (χ4n) is 3.35. The number of benzene rings is 1. The van der Waals surface area contributed by atoms with Gasteiger partial charge in [0.1, 0.15) is 0 Å². The first-order valence-corrected chi connectivity index (χ1v) is 7.85. The average molecular weight is 258 g/mol. The third-order valence-electron chi connectivity index (χ3n) is 4.68. The second-order valence-corrected chi connectivity index (χ2v) is 6.31. The molecule has 0 atom stereocenters. The Morgan fingerprint density at radius 2 is 1.74 bits per heavy atom. The van der Waals surface area contributed by atoms with Crippen molar-refractivity contribution in [2.24, 2.45) is 0 Å². The van der Waals surface area contributed by atoms with Crippen LogP contribution in [0.1, 0.15) is 44.2 Å². The Kier molecular flexibility index (Phi) is 3.79. The van der Waals surface area contributed by atoms with Crippen LogP contribution in [0.15, 0.2) is 18.2 Å². The predicted octanol–water partition coefficient (Wildman–Crippen LogP) is 3.44. The molecule has 1 saturated heterocycles. The summed E-state index contributed by atoms with van der Waals surface area (Å²) < 4.78 is 0. The highest BCUT2D eigenvalue weighted by atomic mass is 15.2. The maximum atomic E-state index is 2.57. The van der Waals surface area contributed by atoms with E-state index >= 15 is 0 Å². The van der Waals surface area contributed by atoms with Crippen molar-refractivity contribution >= 4 is 5.69 Å². The summed E-state index contributed by atoms with van der Waals surface area (Å²) in [5.74, 6) is 0. The first kappa shape index (κ1) is 13.0. The van der Waals surface area contributed by atoms with Crippen molar-refractivity contribution in [3.05, 3.63) is 29.3 Å². The van der Waals surface area contributed by atoms with Gasteiger partial charge in [-0.15, -0.1) is 0 Å². The molecule has 19 heavy (non-hydrogen) atoms. The Balaban J connectivity index is 1.77. The van der Waals surface area contributed by atoms with E-state index in [0.717, 1.165) is 6.54 Å². The molecule has 0 amide bonds. The SMILES string of the molecule is CC(C)N1CCc2cc(N3CCCCC3)ccc2C1. The van der Waals surface area contributed by atoms with Crippen LogP contribution in [0.4, 0.5) is 5.69 Å². The van der Waals surface area contributed by atoms with Gasteiger partial charge in [-0.25, -0.2) is 0 Å². The Bertz CT molecular complexity index is 433. The molecular weight excluding hydrogens is 232 g/mol. The van der Waals surface area contributed by atoms with E-state index in [1.807, 2.05) is 0 Å². The van der Waals surface area contributed by atoms with Gasteiger partial charge in [-0.3, -0.25) is 4.90 Å². The molecule has 2 aliphatic heterocycles.